The lowest BCUT2D eigenvalue weighted by Gasteiger charge is -2.28. The van der Waals surface area contributed by atoms with Gasteiger partial charge in [0.15, 0.2) is 0 Å². The van der Waals surface area contributed by atoms with Gasteiger partial charge in [0.25, 0.3) is 0 Å². The molecule has 0 N–H and O–H groups in total. The molecule has 0 spiro atoms. The molecule has 1 fully saturated rings. The van der Waals surface area contributed by atoms with E-state index < -0.39 is 0 Å². The monoisotopic (exact) mass is 329 g/mol. The van der Waals surface area contributed by atoms with Gasteiger partial charge in [-0.1, -0.05) is 18.2 Å². The Morgan fingerprint density at radius 3 is 2.67 bits per heavy atom. The van der Waals surface area contributed by atoms with Gasteiger partial charge in [-0.05, 0) is 11.6 Å². The third kappa shape index (κ3) is 3.43. The standard InChI is InChI=1S/C18H23N3O3/c1-19-12-14(15-5-3-4-6-16(15)19)11-17(22)20(2)13-18(23)21-7-9-24-10-8-21/h3-6,12H,7-11,13H2,1-2H3. The van der Waals surface area contributed by atoms with Crippen LogP contribution >= 0.6 is 0 Å². The molecule has 2 aromatic rings. The Hall–Kier alpha value is -2.34. The van der Waals surface area contributed by atoms with Crippen LogP contribution in [0.1, 0.15) is 5.56 Å². The van der Waals surface area contributed by atoms with E-state index in [0.717, 1.165) is 16.5 Å². The number of carbonyl (C=O) groups excluding carboxylic acids is 2. The van der Waals surface area contributed by atoms with Crippen molar-refractivity contribution in [1.82, 2.24) is 14.4 Å². The van der Waals surface area contributed by atoms with Gasteiger partial charge in [0.2, 0.25) is 11.8 Å². The van der Waals surface area contributed by atoms with Crippen molar-refractivity contribution in [2.45, 2.75) is 6.42 Å². The largest absolute Gasteiger partial charge is 0.378 e. The van der Waals surface area contributed by atoms with E-state index in [4.69, 9.17) is 4.74 Å². The number of para-hydroxylation sites is 1. The highest BCUT2D eigenvalue weighted by atomic mass is 16.5. The number of fused-ring (bicyclic) bond motifs is 1. The summed E-state index contributed by atoms with van der Waals surface area (Å²) >= 11 is 0. The van der Waals surface area contributed by atoms with Gasteiger partial charge in [0.1, 0.15) is 0 Å². The molecule has 24 heavy (non-hydrogen) atoms. The van der Waals surface area contributed by atoms with E-state index in [9.17, 15) is 9.59 Å². The summed E-state index contributed by atoms with van der Waals surface area (Å²) in [5, 5.41) is 1.08. The fraction of sp³-hybridized carbons (Fsp3) is 0.444. The van der Waals surface area contributed by atoms with Gasteiger partial charge in [0, 0.05) is 44.3 Å². The lowest BCUT2D eigenvalue weighted by molar-refractivity contribution is -0.141. The van der Waals surface area contributed by atoms with Gasteiger partial charge in [-0.3, -0.25) is 9.59 Å². The molecule has 3 rings (SSSR count). The Kier molecular flexibility index (Phi) is 4.85. The van der Waals surface area contributed by atoms with E-state index in [0.29, 0.717) is 32.7 Å². The lowest BCUT2D eigenvalue weighted by Crippen LogP contribution is -2.46. The van der Waals surface area contributed by atoms with Crippen LogP contribution in [0.15, 0.2) is 30.5 Å². The maximum atomic E-state index is 12.5. The second-order valence-corrected chi connectivity index (χ2v) is 6.20. The number of aromatic nitrogens is 1. The SMILES string of the molecule is CN(CC(=O)N1CCOCC1)C(=O)Cc1cn(C)c2ccccc12. The predicted molar refractivity (Wildman–Crippen MR) is 91.7 cm³/mol. The molecule has 0 saturated carbocycles. The van der Waals surface area contributed by atoms with Crippen molar-refractivity contribution in [3.8, 4) is 0 Å². The molecule has 1 aromatic carbocycles. The smallest absolute Gasteiger partial charge is 0.242 e. The molecule has 1 aromatic heterocycles. The van der Waals surface area contributed by atoms with Gasteiger partial charge in [-0.2, -0.15) is 0 Å². The maximum Gasteiger partial charge on any atom is 0.242 e. The highest BCUT2D eigenvalue weighted by Crippen LogP contribution is 2.21. The Morgan fingerprint density at radius 1 is 1.21 bits per heavy atom. The molecule has 2 heterocycles. The molecule has 6 nitrogen and oxygen atoms in total. The normalized spacial score (nSPS) is 14.8. The minimum atomic E-state index is -0.0482. The number of morpholine rings is 1. The maximum absolute atomic E-state index is 12.5. The molecule has 1 aliphatic rings. The van der Waals surface area contributed by atoms with Gasteiger partial charge in [-0.15, -0.1) is 0 Å². The summed E-state index contributed by atoms with van der Waals surface area (Å²) in [5.41, 5.74) is 2.09. The molecule has 1 saturated heterocycles. The zero-order valence-electron chi connectivity index (χ0n) is 14.2. The molecule has 1 aliphatic heterocycles. The van der Waals surface area contributed by atoms with Crippen LogP contribution in [0.5, 0.6) is 0 Å². The van der Waals surface area contributed by atoms with E-state index >= 15 is 0 Å². The van der Waals surface area contributed by atoms with E-state index in [1.54, 1.807) is 11.9 Å². The Labute approximate surface area is 141 Å². The molecule has 0 unspecified atom stereocenters. The van der Waals surface area contributed by atoms with Gasteiger partial charge in [-0.25, -0.2) is 0 Å². The molecular weight excluding hydrogens is 306 g/mol. The van der Waals surface area contributed by atoms with Crippen molar-refractivity contribution >= 4 is 22.7 Å². The first-order valence-electron chi connectivity index (χ1n) is 8.18. The van der Waals surface area contributed by atoms with Crippen molar-refractivity contribution in [1.29, 1.82) is 0 Å². The zero-order valence-corrected chi connectivity index (χ0v) is 14.2. The van der Waals surface area contributed by atoms with Gasteiger partial charge >= 0.3 is 0 Å². The first kappa shape index (κ1) is 16.5. The summed E-state index contributed by atoms with van der Waals surface area (Å²) in [5.74, 6) is -0.0694. The van der Waals surface area contributed by atoms with E-state index in [1.807, 2.05) is 42.1 Å². The van der Waals surface area contributed by atoms with E-state index in [-0.39, 0.29) is 18.4 Å². The molecular formula is C18H23N3O3. The second-order valence-electron chi connectivity index (χ2n) is 6.20. The topological polar surface area (TPSA) is 54.8 Å². The highest BCUT2D eigenvalue weighted by Gasteiger charge is 2.21. The van der Waals surface area contributed by atoms with Crippen LogP contribution in [0.3, 0.4) is 0 Å². The van der Waals surface area contributed by atoms with Crippen LogP contribution in [0, 0.1) is 0 Å². The first-order chi connectivity index (χ1) is 11.6. The number of ether oxygens (including phenoxy) is 1. The van der Waals surface area contributed by atoms with E-state index in [1.165, 1.54) is 4.90 Å². The average Bonchev–Trinajstić information content (AvgIpc) is 2.92. The van der Waals surface area contributed by atoms with Crippen molar-refractivity contribution in [3.63, 3.8) is 0 Å². The molecule has 2 amide bonds. The Bertz CT molecular complexity index is 747. The van der Waals surface area contributed by atoms with Crippen LogP contribution in [0.4, 0.5) is 0 Å². The highest BCUT2D eigenvalue weighted by molar-refractivity contribution is 5.91. The quantitative estimate of drug-likeness (QED) is 0.842. The first-order valence-corrected chi connectivity index (χ1v) is 8.18. The summed E-state index contributed by atoms with van der Waals surface area (Å²) in [6.07, 6.45) is 2.29. The fourth-order valence-electron chi connectivity index (χ4n) is 3.07. The van der Waals surface area contributed by atoms with Gasteiger partial charge < -0.3 is 19.1 Å². The number of hydrogen-bond acceptors (Lipinski definition) is 3. The molecule has 0 radical (unpaired) electrons. The number of likely N-dealkylation sites (N-methyl/N-ethyl adjacent to an activating group) is 1. The molecule has 6 heteroatoms. The van der Waals surface area contributed by atoms with Crippen molar-refractivity contribution < 1.29 is 14.3 Å². The minimum absolute atomic E-state index is 0.0212. The van der Waals surface area contributed by atoms with Crippen LogP contribution in [-0.2, 0) is 27.8 Å². The van der Waals surface area contributed by atoms with Crippen molar-refractivity contribution in [3.05, 3.63) is 36.0 Å². The zero-order chi connectivity index (χ0) is 17.1. The number of hydrogen-bond donors (Lipinski definition) is 0. The van der Waals surface area contributed by atoms with Crippen LogP contribution in [0.25, 0.3) is 10.9 Å². The molecule has 128 valence electrons. The van der Waals surface area contributed by atoms with Crippen LogP contribution in [0.2, 0.25) is 0 Å². The number of aryl methyl sites for hydroxylation is 1. The number of benzene rings is 1. The number of rotatable bonds is 4. The molecule has 0 atom stereocenters. The summed E-state index contributed by atoms with van der Waals surface area (Å²) in [4.78, 5) is 28.0. The minimum Gasteiger partial charge on any atom is -0.378 e. The van der Waals surface area contributed by atoms with Crippen molar-refractivity contribution in [2.75, 3.05) is 39.9 Å². The lowest BCUT2D eigenvalue weighted by atomic mass is 10.1. The summed E-state index contributed by atoms with van der Waals surface area (Å²) in [6, 6.07) is 8.02. The number of nitrogens with zero attached hydrogens (tertiary/aromatic N) is 3. The van der Waals surface area contributed by atoms with Crippen LogP contribution in [-0.4, -0.2) is 66.1 Å². The van der Waals surface area contributed by atoms with Crippen LogP contribution < -0.4 is 0 Å². The van der Waals surface area contributed by atoms with Gasteiger partial charge in [0.05, 0.1) is 26.2 Å². The average molecular weight is 329 g/mol. The van der Waals surface area contributed by atoms with E-state index in [2.05, 4.69) is 0 Å². The second kappa shape index (κ2) is 7.05. The predicted octanol–water partition coefficient (Wildman–Crippen LogP) is 1.04. The number of carbonyl (C=O) groups is 2. The summed E-state index contributed by atoms with van der Waals surface area (Å²) in [6.45, 7) is 2.46. The third-order valence-corrected chi connectivity index (χ3v) is 4.48. The Morgan fingerprint density at radius 2 is 1.92 bits per heavy atom. The summed E-state index contributed by atoms with van der Waals surface area (Å²) in [7, 11) is 3.66. The molecule has 0 aliphatic carbocycles. The Balaban J connectivity index is 1.64. The molecule has 0 bridgehead atoms. The fourth-order valence-corrected chi connectivity index (χ4v) is 3.07. The third-order valence-electron chi connectivity index (χ3n) is 4.48. The number of amides is 2. The summed E-state index contributed by atoms with van der Waals surface area (Å²) < 4.78 is 7.27. The van der Waals surface area contributed by atoms with Crippen molar-refractivity contribution in [2.24, 2.45) is 7.05 Å².